The number of nitrogens with zero attached hydrogens (tertiary/aromatic N) is 1. The van der Waals surface area contributed by atoms with Crippen LogP contribution in [0, 0.1) is 12.7 Å². The molecule has 0 aliphatic carbocycles. The number of primary sulfonamides is 1. The molecule has 2 N–H and O–H groups in total. The summed E-state index contributed by atoms with van der Waals surface area (Å²) in [5.41, 5.74) is 0.666. The van der Waals surface area contributed by atoms with E-state index in [9.17, 15) is 22.4 Å². The third kappa shape index (κ3) is 4.94. The number of piperidine rings is 1. The van der Waals surface area contributed by atoms with Gasteiger partial charge in [-0.3, -0.25) is 0 Å². The van der Waals surface area contributed by atoms with Crippen LogP contribution in [0.3, 0.4) is 0 Å². The molecule has 0 bridgehead atoms. The van der Waals surface area contributed by atoms with Gasteiger partial charge in [0.2, 0.25) is 10.0 Å². The van der Waals surface area contributed by atoms with Crippen molar-refractivity contribution < 1.29 is 26.8 Å². The van der Waals surface area contributed by atoms with Gasteiger partial charge in [0.25, 0.3) is 0 Å². The molecule has 0 radical (unpaired) electrons. The predicted molar refractivity (Wildman–Crippen MR) is 124 cm³/mol. The van der Waals surface area contributed by atoms with Crippen molar-refractivity contribution in [2.45, 2.75) is 37.5 Å². The predicted octanol–water partition coefficient (Wildman–Crippen LogP) is 4.12. The minimum absolute atomic E-state index is 0.0176. The minimum Gasteiger partial charge on any atom is -0.422 e. The highest BCUT2D eigenvalue weighted by molar-refractivity contribution is 7.89. The van der Waals surface area contributed by atoms with Crippen molar-refractivity contribution >= 4 is 38.7 Å². The maximum atomic E-state index is 13.9. The zero-order chi connectivity index (χ0) is 24.6. The summed E-state index contributed by atoms with van der Waals surface area (Å²) in [6, 6.07) is 6.37. The first-order valence-corrected chi connectivity index (χ1v) is 12.5. The van der Waals surface area contributed by atoms with Gasteiger partial charge in [-0.1, -0.05) is 17.7 Å². The van der Waals surface area contributed by atoms with E-state index in [0.29, 0.717) is 29.6 Å². The SMILES string of the molecule is Cc1c(Cc2ccc(F)c(S(N)(=O)=O)c2)c(=O)oc2cc(OC(=O)N3CCCCC3)c(Cl)cc12. The van der Waals surface area contributed by atoms with Crippen molar-refractivity contribution in [1.29, 1.82) is 0 Å². The zero-order valence-corrected chi connectivity index (χ0v) is 19.8. The summed E-state index contributed by atoms with van der Waals surface area (Å²) in [6.07, 6.45) is 2.35. The van der Waals surface area contributed by atoms with Gasteiger partial charge in [0.15, 0.2) is 5.75 Å². The van der Waals surface area contributed by atoms with Gasteiger partial charge in [0.1, 0.15) is 16.3 Å². The fourth-order valence-corrected chi connectivity index (χ4v) is 4.85. The van der Waals surface area contributed by atoms with Gasteiger partial charge in [-0.25, -0.2) is 27.5 Å². The van der Waals surface area contributed by atoms with Crippen LogP contribution in [0.4, 0.5) is 9.18 Å². The number of nitrogens with two attached hydrogens (primary N) is 1. The van der Waals surface area contributed by atoms with Crippen LogP contribution >= 0.6 is 11.6 Å². The Morgan fingerprint density at radius 1 is 1.21 bits per heavy atom. The molecule has 34 heavy (non-hydrogen) atoms. The average molecular weight is 509 g/mol. The maximum Gasteiger partial charge on any atom is 0.415 e. The molecule has 1 saturated heterocycles. The Hall–Kier alpha value is -2.95. The smallest absolute Gasteiger partial charge is 0.415 e. The second-order valence-corrected chi connectivity index (χ2v) is 10.1. The fraction of sp³-hybridized carbons (Fsp3) is 0.304. The molecule has 1 aliphatic rings. The Balaban J connectivity index is 1.68. The molecule has 1 amide bonds. The molecule has 8 nitrogen and oxygen atoms in total. The van der Waals surface area contributed by atoms with Crippen LogP contribution in [0.5, 0.6) is 5.75 Å². The van der Waals surface area contributed by atoms with E-state index in [4.69, 9.17) is 25.9 Å². The number of halogens is 2. The largest absolute Gasteiger partial charge is 0.422 e. The molecular weight excluding hydrogens is 487 g/mol. The van der Waals surface area contributed by atoms with Gasteiger partial charge in [-0.15, -0.1) is 0 Å². The number of sulfonamides is 1. The molecule has 1 fully saturated rings. The lowest BCUT2D eigenvalue weighted by Crippen LogP contribution is -2.37. The van der Waals surface area contributed by atoms with Gasteiger partial charge in [0.05, 0.1) is 5.02 Å². The van der Waals surface area contributed by atoms with Crippen molar-refractivity contribution in [3.8, 4) is 5.75 Å². The van der Waals surface area contributed by atoms with Crippen molar-refractivity contribution in [3.05, 3.63) is 68.3 Å². The van der Waals surface area contributed by atoms with E-state index >= 15 is 0 Å². The van der Waals surface area contributed by atoms with Gasteiger partial charge in [-0.2, -0.15) is 0 Å². The minimum atomic E-state index is -4.27. The van der Waals surface area contributed by atoms with Crippen LogP contribution < -0.4 is 15.5 Å². The highest BCUT2D eigenvalue weighted by atomic mass is 35.5. The molecule has 1 aromatic heterocycles. The average Bonchev–Trinajstić information content (AvgIpc) is 2.79. The van der Waals surface area contributed by atoms with E-state index in [0.717, 1.165) is 31.4 Å². The lowest BCUT2D eigenvalue weighted by atomic mass is 9.99. The lowest BCUT2D eigenvalue weighted by Gasteiger charge is -2.25. The Morgan fingerprint density at radius 3 is 2.59 bits per heavy atom. The Labute approximate surface area is 200 Å². The van der Waals surface area contributed by atoms with Crippen molar-refractivity contribution in [2.24, 2.45) is 5.14 Å². The van der Waals surface area contributed by atoms with Crippen LogP contribution in [0.1, 0.15) is 36.0 Å². The first kappa shape index (κ1) is 24.2. The first-order chi connectivity index (χ1) is 16.0. The number of hydrogen-bond acceptors (Lipinski definition) is 6. The summed E-state index contributed by atoms with van der Waals surface area (Å²) >= 11 is 6.36. The van der Waals surface area contributed by atoms with Crippen molar-refractivity contribution in [1.82, 2.24) is 4.90 Å². The van der Waals surface area contributed by atoms with Gasteiger partial charge in [-0.05, 0) is 55.5 Å². The first-order valence-electron chi connectivity index (χ1n) is 10.6. The number of ether oxygens (including phenoxy) is 1. The Morgan fingerprint density at radius 2 is 1.91 bits per heavy atom. The third-order valence-electron chi connectivity index (χ3n) is 5.83. The molecular formula is C23H22ClFN2O6S. The van der Waals surface area contributed by atoms with Crippen molar-refractivity contribution in [2.75, 3.05) is 13.1 Å². The van der Waals surface area contributed by atoms with Gasteiger partial charge in [0, 0.05) is 36.5 Å². The normalized spacial score (nSPS) is 14.4. The number of likely N-dealkylation sites (tertiary alicyclic amines) is 1. The van der Waals surface area contributed by atoms with E-state index < -0.39 is 32.5 Å². The maximum absolute atomic E-state index is 13.9. The number of aryl methyl sites for hydroxylation is 1. The van der Waals surface area contributed by atoms with Crippen LogP contribution in [0.15, 0.2) is 44.4 Å². The van der Waals surface area contributed by atoms with Gasteiger partial charge < -0.3 is 14.1 Å². The molecule has 3 aromatic rings. The van der Waals surface area contributed by atoms with Crippen LogP contribution in [0.2, 0.25) is 5.02 Å². The molecule has 0 atom stereocenters. The van der Waals surface area contributed by atoms with Crippen molar-refractivity contribution in [3.63, 3.8) is 0 Å². The number of carbonyl (C=O) groups excluding carboxylic acids is 1. The molecule has 0 spiro atoms. The Kier molecular flexibility index (Phi) is 6.66. The summed E-state index contributed by atoms with van der Waals surface area (Å²) in [6.45, 7) is 2.91. The summed E-state index contributed by atoms with van der Waals surface area (Å²) in [5, 5.41) is 5.75. The second kappa shape index (κ2) is 9.36. The number of rotatable bonds is 4. The molecule has 1 aliphatic heterocycles. The molecule has 11 heteroatoms. The summed E-state index contributed by atoms with van der Waals surface area (Å²) < 4.78 is 48.0. The van der Waals surface area contributed by atoms with E-state index in [1.807, 2.05) is 0 Å². The van der Waals surface area contributed by atoms with E-state index in [1.165, 1.54) is 18.2 Å². The fourth-order valence-electron chi connectivity index (χ4n) is 3.99. The van der Waals surface area contributed by atoms with Crippen LogP contribution in [0.25, 0.3) is 11.0 Å². The standard InChI is InChI=1S/C23H22ClFN2O6S/c1-13-15-11-17(24)20(33-23(29)27-7-3-2-4-8-27)12-19(15)32-22(28)16(13)9-14-5-6-18(25)21(10-14)34(26,30)31/h5-6,10-12H,2-4,7-9H2,1H3,(H2,26,30,31). The number of fused-ring (bicyclic) bond motifs is 1. The van der Waals surface area contributed by atoms with Crippen LogP contribution in [-0.4, -0.2) is 32.5 Å². The molecule has 0 saturated carbocycles. The number of carbonyl (C=O) groups is 1. The van der Waals surface area contributed by atoms with E-state index in [1.54, 1.807) is 11.8 Å². The van der Waals surface area contributed by atoms with Crippen LogP contribution in [-0.2, 0) is 16.4 Å². The van der Waals surface area contributed by atoms with Gasteiger partial charge >= 0.3 is 11.7 Å². The highest BCUT2D eigenvalue weighted by Gasteiger charge is 2.22. The zero-order valence-electron chi connectivity index (χ0n) is 18.3. The Bertz CT molecular complexity index is 1450. The van der Waals surface area contributed by atoms with E-state index in [-0.39, 0.29) is 28.3 Å². The molecule has 4 rings (SSSR count). The number of amides is 1. The quantitative estimate of drug-likeness (QED) is 0.529. The summed E-state index contributed by atoms with van der Waals surface area (Å²) in [5.74, 6) is -0.900. The number of benzene rings is 2. The molecule has 180 valence electrons. The third-order valence-corrected chi connectivity index (χ3v) is 7.06. The monoisotopic (exact) mass is 508 g/mol. The molecule has 0 unspecified atom stereocenters. The lowest BCUT2D eigenvalue weighted by molar-refractivity contribution is 0.142. The second-order valence-electron chi connectivity index (χ2n) is 8.17. The number of hydrogen-bond donors (Lipinski definition) is 1. The topological polar surface area (TPSA) is 120 Å². The summed E-state index contributed by atoms with van der Waals surface area (Å²) in [7, 11) is -4.27. The molecule has 2 aromatic carbocycles. The van der Waals surface area contributed by atoms with E-state index in [2.05, 4.69) is 0 Å². The molecule has 2 heterocycles. The highest BCUT2D eigenvalue weighted by Crippen LogP contribution is 2.33. The summed E-state index contributed by atoms with van der Waals surface area (Å²) in [4.78, 5) is 26.1.